The highest BCUT2D eigenvalue weighted by Crippen LogP contribution is 2.21. The molecule has 0 aliphatic rings. The van der Waals surface area contributed by atoms with Gasteiger partial charge < -0.3 is 11.1 Å². The first-order valence-corrected chi connectivity index (χ1v) is 6.22. The number of anilines is 2. The van der Waals surface area contributed by atoms with Crippen LogP contribution in [0.5, 0.6) is 0 Å². The number of nitrogens with two attached hydrogens (primary N) is 1. The normalized spacial score (nSPS) is 10.3. The number of carbonyl (C=O) groups is 1. The van der Waals surface area contributed by atoms with Gasteiger partial charge in [0.05, 0.1) is 5.56 Å². The highest BCUT2D eigenvalue weighted by molar-refractivity contribution is 6.08. The van der Waals surface area contributed by atoms with Crippen LogP contribution in [0.2, 0.25) is 0 Å². The van der Waals surface area contributed by atoms with Gasteiger partial charge in [0.15, 0.2) is 0 Å². The van der Waals surface area contributed by atoms with E-state index in [1.165, 1.54) is 0 Å². The van der Waals surface area contributed by atoms with E-state index in [0.29, 0.717) is 11.3 Å². The fourth-order valence-corrected chi connectivity index (χ4v) is 1.94. The minimum Gasteiger partial charge on any atom is -0.398 e. The van der Waals surface area contributed by atoms with E-state index in [0.717, 1.165) is 22.4 Å². The molecule has 0 heterocycles. The van der Waals surface area contributed by atoms with Gasteiger partial charge in [0, 0.05) is 11.4 Å². The first kappa shape index (κ1) is 13.1. The van der Waals surface area contributed by atoms with Crippen molar-refractivity contribution >= 4 is 17.3 Å². The van der Waals surface area contributed by atoms with Gasteiger partial charge in [0.2, 0.25) is 0 Å². The molecular weight excluding hydrogens is 236 g/mol. The lowest BCUT2D eigenvalue weighted by Gasteiger charge is -2.11. The molecule has 0 atom stereocenters. The summed E-state index contributed by atoms with van der Waals surface area (Å²) in [5.74, 6) is -0.171. The number of hydrogen-bond acceptors (Lipinski definition) is 2. The Morgan fingerprint density at radius 1 is 1.05 bits per heavy atom. The van der Waals surface area contributed by atoms with E-state index in [2.05, 4.69) is 5.32 Å². The lowest BCUT2D eigenvalue weighted by molar-refractivity contribution is 0.102. The van der Waals surface area contributed by atoms with E-state index < -0.39 is 0 Å². The molecule has 3 nitrogen and oxygen atoms in total. The monoisotopic (exact) mass is 254 g/mol. The molecule has 2 aromatic carbocycles. The lowest BCUT2D eigenvalue weighted by atomic mass is 10.1. The first-order chi connectivity index (χ1) is 8.99. The third-order valence-electron chi connectivity index (χ3n) is 3.21. The van der Waals surface area contributed by atoms with E-state index in [1.54, 1.807) is 6.07 Å². The first-order valence-electron chi connectivity index (χ1n) is 6.22. The molecule has 1 amide bonds. The van der Waals surface area contributed by atoms with Crippen molar-refractivity contribution < 1.29 is 4.79 Å². The SMILES string of the molecule is Cc1ccc(C)c(NC(=O)c2cccc(C)c2N)c1. The van der Waals surface area contributed by atoms with Gasteiger partial charge in [-0.3, -0.25) is 4.79 Å². The molecule has 0 spiro atoms. The molecular formula is C16H18N2O. The number of carbonyl (C=O) groups excluding carboxylic acids is 1. The molecule has 19 heavy (non-hydrogen) atoms. The third-order valence-corrected chi connectivity index (χ3v) is 3.21. The quantitative estimate of drug-likeness (QED) is 0.806. The highest BCUT2D eigenvalue weighted by atomic mass is 16.1. The van der Waals surface area contributed by atoms with Crippen LogP contribution in [0.4, 0.5) is 11.4 Å². The minimum atomic E-state index is -0.171. The van der Waals surface area contributed by atoms with Gasteiger partial charge in [-0.05, 0) is 49.6 Å². The largest absolute Gasteiger partial charge is 0.398 e. The molecule has 0 fully saturated rings. The summed E-state index contributed by atoms with van der Waals surface area (Å²) in [6.07, 6.45) is 0. The lowest BCUT2D eigenvalue weighted by Crippen LogP contribution is -2.15. The van der Waals surface area contributed by atoms with E-state index >= 15 is 0 Å². The van der Waals surface area contributed by atoms with Crippen LogP contribution in [0.25, 0.3) is 0 Å². The van der Waals surface area contributed by atoms with Crippen molar-refractivity contribution in [3.8, 4) is 0 Å². The van der Waals surface area contributed by atoms with Crippen LogP contribution in [0.1, 0.15) is 27.0 Å². The van der Waals surface area contributed by atoms with E-state index in [-0.39, 0.29) is 5.91 Å². The molecule has 3 heteroatoms. The zero-order valence-corrected chi connectivity index (χ0v) is 11.4. The maximum absolute atomic E-state index is 12.3. The summed E-state index contributed by atoms with van der Waals surface area (Å²) in [6.45, 7) is 5.86. The minimum absolute atomic E-state index is 0.171. The van der Waals surface area contributed by atoms with Gasteiger partial charge in [-0.1, -0.05) is 24.3 Å². The smallest absolute Gasteiger partial charge is 0.257 e. The van der Waals surface area contributed by atoms with Crippen molar-refractivity contribution in [2.24, 2.45) is 0 Å². The summed E-state index contributed by atoms with van der Waals surface area (Å²) >= 11 is 0. The van der Waals surface area contributed by atoms with Crippen LogP contribution in [0.15, 0.2) is 36.4 Å². The molecule has 0 unspecified atom stereocenters. The van der Waals surface area contributed by atoms with E-state index in [1.807, 2.05) is 51.1 Å². The molecule has 98 valence electrons. The van der Waals surface area contributed by atoms with Gasteiger partial charge in [0.25, 0.3) is 5.91 Å². The van der Waals surface area contributed by atoms with Crippen LogP contribution in [-0.2, 0) is 0 Å². The maximum atomic E-state index is 12.3. The van der Waals surface area contributed by atoms with Gasteiger partial charge in [-0.15, -0.1) is 0 Å². The molecule has 0 radical (unpaired) electrons. The van der Waals surface area contributed by atoms with Crippen molar-refractivity contribution in [1.29, 1.82) is 0 Å². The molecule has 3 N–H and O–H groups in total. The zero-order chi connectivity index (χ0) is 14.0. The van der Waals surface area contributed by atoms with Crippen LogP contribution in [0, 0.1) is 20.8 Å². The zero-order valence-electron chi connectivity index (χ0n) is 11.4. The summed E-state index contributed by atoms with van der Waals surface area (Å²) in [4.78, 5) is 12.3. The molecule has 0 saturated carbocycles. The summed E-state index contributed by atoms with van der Waals surface area (Å²) in [7, 11) is 0. The Kier molecular flexibility index (Phi) is 3.56. The summed E-state index contributed by atoms with van der Waals surface area (Å²) < 4.78 is 0. The predicted molar refractivity (Wildman–Crippen MR) is 79.5 cm³/mol. The maximum Gasteiger partial charge on any atom is 0.257 e. The standard InChI is InChI=1S/C16H18N2O/c1-10-7-8-11(2)14(9-10)18-16(19)13-6-4-5-12(3)15(13)17/h4-9H,17H2,1-3H3,(H,18,19). The number of aryl methyl sites for hydroxylation is 3. The molecule has 2 aromatic rings. The molecule has 0 aliphatic heterocycles. The van der Waals surface area contributed by atoms with E-state index in [4.69, 9.17) is 5.73 Å². The van der Waals surface area contributed by atoms with Crippen LogP contribution in [0.3, 0.4) is 0 Å². The molecule has 0 bridgehead atoms. The van der Waals surface area contributed by atoms with Crippen LogP contribution in [-0.4, -0.2) is 5.91 Å². The average Bonchev–Trinajstić information content (AvgIpc) is 2.37. The highest BCUT2D eigenvalue weighted by Gasteiger charge is 2.12. The summed E-state index contributed by atoms with van der Waals surface area (Å²) in [5, 5.41) is 2.92. The Bertz CT molecular complexity index is 633. The summed E-state index contributed by atoms with van der Waals surface area (Å²) in [6, 6.07) is 11.4. The van der Waals surface area contributed by atoms with Gasteiger partial charge in [-0.25, -0.2) is 0 Å². The number of nitrogen functional groups attached to an aromatic ring is 1. The van der Waals surface area contributed by atoms with Crippen molar-refractivity contribution in [3.05, 3.63) is 58.7 Å². The van der Waals surface area contributed by atoms with Crippen molar-refractivity contribution in [3.63, 3.8) is 0 Å². The fraction of sp³-hybridized carbons (Fsp3) is 0.188. The Labute approximate surface area is 113 Å². The van der Waals surface area contributed by atoms with Crippen molar-refractivity contribution in [1.82, 2.24) is 0 Å². The Hall–Kier alpha value is -2.29. The Morgan fingerprint density at radius 3 is 2.53 bits per heavy atom. The number of benzene rings is 2. The number of para-hydroxylation sites is 1. The Balaban J connectivity index is 2.31. The van der Waals surface area contributed by atoms with Gasteiger partial charge >= 0.3 is 0 Å². The topological polar surface area (TPSA) is 55.1 Å². The van der Waals surface area contributed by atoms with Gasteiger partial charge in [0.1, 0.15) is 0 Å². The number of rotatable bonds is 2. The second-order valence-electron chi connectivity index (χ2n) is 4.81. The van der Waals surface area contributed by atoms with Crippen LogP contribution < -0.4 is 11.1 Å². The number of nitrogens with one attached hydrogen (secondary N) is 1. The second-order valence-corrected chi connectivity index (χ2v) is 4.81. The summed E-state index contributed by atoms with van der Waals surface area (Å²) in [5.41, 5.74) is 10.9. The average molecular weight is 254 g/mol. The van der Waals surface area contributed by atoms with Crippen LogP contribution >= 0.6 is 0 Å². The Morgan fingerprint density at radius 2 is 1.79 bits per heavy atom. The second kappa shape index (κ2) is 5.14. The fourth-order valence-electron chi connectivity index (χ4n) is 1.94. The molecule has 0 saturated heterocycles. The number of hydrogen-bond donors (Lipinski definition) is 2. The third kappa shape index (κ3) is 2.76. The van der Waals surface area contributed by atoms with E-state index in [9.17, 15) is 4.79 Å². The van der Waals surface area contributed by atoms with Gasteiger partial charge in [-0.2, -0.15) is 0 Å². The molecule has 2 rings (SSSR count). The van der Waals surface area contributed by atoms with Crippen molar-refractivity contribution in [2.75, 3.05) is 11.1 Å². The molecule has 0 aliphatic carbocycles. The predicted octanol–water partition coefficient (Wildman–Crippen LogP) is 3.45. The van der Waals surface area contributed by atoms with Crippen molar-refractivity contribution in [2.45, 2.75) is 20.8 Å². The molecule has 0 aromatic heterocycles. The number of amides is 1.